The van der Waals surface area contributed by atoms with Crippen LogP contribution in [-0.2, 0) is 9.53 Å². The maximum atomic E-state index is 13.6. The van der Waals surface area contributed by atoms with Crippen LogP contribution in [0.1, 0.15) is 25.6 Å². The number of nitrogens with zero attached hydrogens (tertiary/aromatic N) is 1. The van der Waals surface area contributed by atoms with Gasteiger partial charge in [-0.2, -0.15) is 0 Å². The summed E-state index contributed by atoms with van der Waals surface area (Å²) in [4.78, 5) is 26.0. The molecular formula is C12H15FN2O5. The third kappa shape index (κ3) is 4.16. The fourth-order valence-electron chi connectivity index (χ4n) is 1.44. The number of carbonyl (C=O) groups is 2. The van der Waals surface area contributed by atoms with Crippen LogP contribution in [0.3, 0.4) is 0 Å². The molecule has 1 heterocycles. The molecule has 2 atom stereocenters. The number of hydrogen-bond acceptors (Lipinski definition) is 5. The molecule has 110 valence electrons. The number of carbonyl (C=O) groups excluding carboxylic acids is 1. The number of halogens is 1. The number of aliphatic hydroxyl groups excluding tert-OH is 1. The van der Waals surface area contributed by atoms with Crippen molar-refractivity contribution in [1.82, 2.24) is 10.3 Å². The monoisotopic (exact) mass is 286 g/mol. The number of aliphatic hydroxyl groups is 1. The quantitative estimate of drug-likeness (QED) is 0.740. The Morgan fingerprint density at radius 3 is 2.60 bits per heavy atom. The van der Waals surface area contributed by atoms with Gasteiger partial charge in [0.15, 0.2) is 6.10 Å². The van der Waals surface area contributed by atoms with Gasteiger partial charge in [-0.05, 0) is 26.0 Å². The van der Waals surface area contributed by atoms with Gasteiger partial charge in [-0.25, -0.2) is 14.0 Å². The molecular weight excluding hydrogens is 271 g/mol. The van der Waals surface area contributed by atoms with Gasteiger partial charge >= 0.3 is 12.1 Å². The first-order chi connectivity index (χ1) is 9.32. The van der Waals surface area contributed by atoms with Gasteiger partial charge in [0.1, 0.15) is 17.6 Å². The molecule has 3 N–H and O–H groups in total. The molecule has 7 nitrogen and oxygen atoms in total. The second-order valence-electron chi connectivity index (χ2n) is 4.23. The average molecular weight is 286 g/mol. The molecule has 1 rings (SSSR count). The summed E-state index contributed by atoms with van der Waals surface area (Å²) in [6, 6.07) is 0.787. The molecule has 1 aromatic rings. The van der Waals surface area contributed by atoms with Gasteiger partial charge in [0.25, 0.3) is 0 Å². The van der Waals surface area contributed by atoms with Crippen LogP contribution < -0.4 is 5.32 Å². The highest BCUT2D eigenvalue weighted by Gasteiger charge is 2.32. The molecule has 0 unspecified atom stereocenters. The van der Waals surface area contributed by atoms with Gasteiger partial charge in [-0.3, -0.25) is 4.98 Å². The molecule has 1 amide bonds. The highest BCUT2D eigenvalue weighted by molar-refractivity contribution is 5.75. The van der Waals surface area contributed by atoms with Gasteiger partial charge in [0.2, 0.25) is 0 Å². The van der Waals surface area contributed by atoms with E-state index in [-0.39, 0.29) is 5.69 Å². The van der Waals surface area contributed by atoms with Gasteiger partial charge in [0.05, 0.1) is 6.10 Å². The van der Waals surface area contributed by atoms with Crippen LogP contribution in [-0.4, -0.2) is 39.5 Å². The third-order valence-corrected chi connectivity index (χ3v) is 2.27. The van der Waals surface area contributed by atoms with Crippen LogP contribution in [0.5, 0.6) is 0 Å². The fourth-order valence-corrected chi connectivity index (χ4v) is 1.44. The van der Waals surface area contributed by atoms with Gasteiger partial charge in [-0.1, -0.05) is 0 Å². The van der Waals surface area contributed by atoms with Crippen LogP contribution in [0.15, 0.2) is 18.3 Å². The van der Waals surface area contributed by atoms with Crippen LogP contribution in [0, 0.1) is 5.82 Å². The number of aromatic nitrogens is 1. The predicted molar refractivity (Wildman–Crippen MR) is 65.3 cm³/mol. The van der Waals surface area contributed by atoms with Gasteiger partial charge in [-0.15, -0.1) is 0 Å². The van der Waals surface area contributed by atoms with Crippen molar-refractivity contribution in [2.75, 3.05) is 0 Å². The first-order valence-electron chi connectivity index (χ1n) is 5.81. The fraction of sp³-hybridized carbons (Fsp3) is 0.417. The summed E-state index contributed by atoms with van der Waals surface area (Å²) in [5.74, 6) is -2.47. The SMILES string of the molecule is CC(C)OC(=O)N[C@@H](c1ncccc1F)[C@@H](O)C(=O)O. The Kier molecular flexibility index (Phi) is 5.39. The molecule has 0 saturated carbocycles. The van der Waals surface area contributed by atoms with E-state index >= 15 is 0 Å². The first kappa shape index (κ1) is 15.8. The third-order valence-electron chi connectivity index (χ3n) is 2.27. The Bertz CT molecular complexity index is 494. The zero-order valence-electron chi connectivity index (χ0n) is 10.9. The minimum Gasteiger partial charge on any atom is -0.479 e. The average Bonchev–Trinajstić information content (AvgIpc) is 2.35. The summed E-state index contributed by atoms with van der Waals surface area (Å²) in [6.45, 7) is 3.17. The van der Waals surface area contributed by atoms with Crippen molar-refractivity contribution < 1.29 is 28.9 Å². The van der Waals surface area contributed by atoms with Crippen molar-refractivity contribution in [1.29, 1.82) is 0 Å². The predicted octanol–water partition coefficient (Wildman–Crippen LogP) is 0.842. The maximum Gasteiger partial charge on any atom is 0.408 e. The normalized spacial score (nSPS) is 13.7. The van der Waals surface area contributed by atoms with E-state index in [1.807, 2.05) is 0 Å². The van der Waals surface area contributed by atoms with E-state index in [9.17, 15) is 19.1 Å². The van der Waals surface area contributed by atoms with E-state index in [4.69, 9.17) is 9.84 Å². The van der Waals surface area contributed by atoms with Gasteiger partial charge < -0.3 is 20.3 Å². The number of ether oxygens (including phenoxy) is 1. The Morgan fingerprint density at radius 1 is 1.45 bits per heavy atom. The molecule has 0 aliphatic carbocycles. The number of hydrogen-bond donors (Lipinski definition) is 3. The molecule has 0 radical (unpaired) electrons. The molecule has 20 heavy (non-hydrogen) atoms. The van der Waals surface area contributed by atoms with Crippen molar-refractivity contribution >= 4 is 12.1 Å². The van der Waals surface area contributed by atoms with E-state index in [1.54, 1.807) is 13.8 Å². The highest BCUT2D eigenvalue weighted by Crippen LogP contribution is 2.18. The minimum atomic E-state index is -2.06. The van der Waals surface area contributed by atoms with Crippen LogP contribution in [0.4, 0.5) is 9.18 Å². The van der Waals surface area contributed by atoms with E-state index in [0.29, 0.717) is 0 Å². The number of carboxylic acids is 1. The first-order valence-corrected chi connectivity index (χ1v) is 5.81. The molecule has 0 aliphatic heterocycles. The number of carboxylic acid groups (broad SMARTS) is 1. The molecule has 0 aliphatic rings. The summed E-state index contributed by atoms with van der Waals surface area (Å²) >= 11 is 0. The van der Waals surface area contributed by atoms with Crippen LogP contribution in [0.2, 0.25) is 0 Å². The van der Waals surface area contributed by atoms with Crippen LogP contribution >= 0.6 is 0 Å². The summed E-state index contributed by atoms with van der Waals surface area (Å²) in [5.41, 5.74) is -0.386. The number of pyridine rings is 1. The molecule has 0 fully saturated rings. The molecule has 8 heteroatoms. The molecule has 0 saturated heterocycles. The lowest BCUT2D eigenvalue weighted by Gasteiger charge is -2.21. The standard InChI is InChI=1S/C12H15FN2O5/c1-6(2)20-12(19)15-9(10(16)11(17)18)8-7(13)4-3-5-14-8/h3-6,9-10,16H,1-2H3,(H,15,19)(H,17,18)/t9-,10+/m0/s1. The van der Waals surface area contributed by atoms with Crippen molar-refractivity contribution in [3.05, 3.63) is 29.8 Å². The highest BCUT2D eigenvalue weighted by atomic mass is 19.1. The van der Waals surface area contributed by atoms with Crippen molar-refractivity contribution in [2.24, 2.45) is 0 Å². The number of amides is 1. The number of rotatable bonds is 5. The number of aliphatic carboxylic acids is 1. The minimum absolute atomic E-state index is 0.386. The Hall–Kier alpha value is -2.22. The molecule has 0 bridgehead atoms. The van der Waals surface area contributed by atoms with Crippen molar-refractivity contribution in [3.63, 3.8) is 0 Å². The summed E-state index contributed by atoms with van der Waals surface area (Å²) in [5, 5.41) is 20.5. The number of alkyl carbamates (subject to hydrolysis) is 1. The van der Waals surface area contributed by atoms with E-state index < -0.39 is 36.1 Å². The lowest BCUT2D eigenvalue weighted by molar-refractivity contribution is -0.148. The Labute approximate surface area is 114 Å². The zero-order chi connectivity index (χ0) is 15.3. The number of nitrogens with one attached hydrogen (secondary N) is 1. The van der Waals surface area contributed by atoms with E-state index in [1.165, 1.54) is 12.3 Å². The van der Waals surface area contributed by atoms with E-state index in [0.717, 1.165) is 6.07 Å². The van der Waals surface area contributed by atoms with Crippen molar-refractivity contribution in [2.45, 2.75) is 32.1 Å². The molecule has 1 aromatic heterocycles. The summed E-state index contributed by atoms with van der Waals surface area (Å²) < 4.78 is 18.4. The lowest BCUT2D eigenvalue weighted by atomic mass is 10.1. The van der Waals surface area contributed by atoms with Crippen molar-refractivity contribution in [3.8, 4) is 0 Å². The Balaban J connectivity index is 3.01. The zero-order valence-corrected chi connectivity index (χ0v) is 10.9. The van der Waals surface area contributed by atoms with E-state index in [2.05, 4.69) is 10.3 Å². The maximum absolute atomic E-state index is 13.6. The molecule has 0 aromatic carbocycles. The Morgan fingerprint density at radius 2 is 2.10 bits per heavy atom. The lowest BCUT2D eigenvalue weighted by Crippen LogP contribution is -2.42. The second kappa shape index (κ2) is 6.80. The second-order valence-corrected chi connectivity index (χ2v) is 4.23. The molecule has 0 spiro atoms. The topological polar surface area (TPSA) is 109 Å². The largest absolute Gasteiger partial charge is 0.479 e. The smallest absolute Gasteiger partial charge is 0.408 e. The van der Waals surface area contributed by atoms with Gasteiger partial charge in [0, 0.05) is 6.20 Å². The summed E-state index contributed by atoms with van der Waals surface area (Å²) in [7, 11) is 0. The van der Waals surface area contributed by atoms with Crippen LogP contribution in [0.25, 0.3) is 0 Å². The summed E-state index contributed by atoms with van der Waals surface area (Å²) in [6.07, 6.45) is -2.27.